The maximum atomic E-state index is 11.8. The van der Waals surface area contributed by atoms with Gasteiger partial charge in [-0.25, -0.2) is 0 Å². The highest BCUT2D eigenvalue weighted by molar-refractivity contribution is 6.35. The zero-order valence-corrected chi connectivity index (χ0v) is 13.7. The van der Waals surface area contributed by atoms with Crippen LogP contribution in [0.2, 0.25) is 5.02 Å². The summed E-state index contributed by atoms with van der Waals surface area (Å²) < 4.78 is 5.54. The molecule has 0 bridgehead atoms. The van der Waals surface area contributed by atoms with Crippen LogP contribution in [-0.4, -0.2) is 30.1 Å². The molecule has 23 heavy (non-hydrogen) atoms. The third kappa shape index (κ3) is 4.13. The van der Waals surface area contributed by atoms with Crippen molar-refractivity contribution in [3.8, 4) is 5.75 Å². The number of carboxylic acids is 1. The lowest BCUT2D eigenvalue weighted by molar-refractivity contribution is -0.146. The smallest absolute Gasteiger partial charge is 0.310 e. The molecule has 0 saturated carbocycles. The first-order valence-corrected chi connectivity index (χ1v) is 7.49. The second-order valence-electron chi connectivity index (χ2n) is 5.85. The van der Waals surface area contributed by atoms with Crippen LogP contribution in [0.5, 0.6) is 5.75 Å². The Labute approximate surface area is 139 Å². The topological polar surface area (TPSA) is 75.6 Å². The van der Waals surface area contributed by atoms with Gasteiger partial charge in [0.15, 0.2) is 6.61 Å². The molecular formula is C17H18ClNO4. The van der Waals surface area contributed by atoms with Crippen LogP contribution in [0.25, 0.3) is 10.8 Å². The van der Waals surface area contributed by atoms with Gasteiger partial charge in [0.1, 0.15) is 5.75 Å². The first-order chi connectivity index (χ1) is 10.8. The minimum atomic E-state index is -1.03. The maximum absolute atomic E-state index is 11.8. The average Bonchev–Trinajstić information content (AvgIpc) is 2.52. The van der Waals surface area contributed by atoms with Gasteiger partial charge < -0.3 is 15.2 Å². The number of hydrogen-bond donors (Lipinski definition) is 2. The fourth-order valence-electron chi connectivity index (χ4n) is 1.95. The monoisotopic (exact) mass is 335 g/mol. The van der Waals surface area contributed by atoms with Gasteiger partial charge in [-0.3, -0.25) is 9.59 Å². The maximum Gasteiger partial charge on any atom is 0.310 e. The number of carboxylic acid groups (broad SMARTS) is 1. The number of nitrogens with one attached hydrogen (secondary N) is 1. The summed E-state index contributed by atoms with van der Waals surface area (Å²) in [5, 5.41) is 13.9. The molecule has 0 unspecified atom stereocenters. The number of fused-ring (bicyclic) bond motifs is 1. The van der Waals surface area contributed by atoms with Crippen molar-refractivity contribution in [1.82, 2.24) is 5.32 Å². The van der Waals surface area contributed by atoms with Crippen molar-refractivity contribution < 1.29 is 19.4 Å². The number of ether oxygens (including phenoxy) is 1. The Bertz CT molecular complexity index is 742. The van der Waals surface area contributed by atoms with Crippen LogP contribution in [0.4, 0.5) is 0 Å². The van der Waals surface area contributed by atoms with Gasteiger partial charge in [0, 0.05) is 22.3 Å². The van der Waals surface area contributed by atoms with Gasteiger partial charge in [-0.05, 0) is 26.0 Å². The van der Waals surface area contributed by atoms with E-state index in [0.29, 0.717) is 10.8 Å². The molecule has 0 atom stereocenters. The highest BCUT2D eigenvalue weighted by atomic mass is 35.5. The van der Waals surface area contributed by atoms with Crippen LogP contribution >= 0.6 is 11.6 Å². The van der Waals surface area contributed by atoms with E-state index in [1.807, 2.05) is 24.3 Å². The van der Waals surface area contributed by atoms with Crippen molar-refractivity contribution in [2.24, 2.45) is 5.41 Å². The molecule has 6 heteroatoms. The molecule has 0 aliphatic carbocycles. The van der Waals surface area contributed by atoms with Gasteiger partial charge in [0.25, 0.3) is 5.91 Å². The predicted molar refractivity (Wildman–Crippen MR) is 88.9 cm³/mol. The van der Waals surface area contributed by atoms with Gasteiger partial charge in [-0.15, -0.1) is 0 Å². The Hall–Kier alpha value is -2.27. The standard InChI is InChI=1S/C17H18ClNO4/c1-17(2,16(21)22)10-19-15(20)9-23-14-8-7-13(18)11-5-3-4-6-12(11)14/h3-8H,9-10H2,1-2H3,(H,19,20)(H,21,22). The lowest BCUT2D eigenvalue weighted by Crippen LogP contribution is -2.40. The van der Waals surface area contributed by atoms with Crippen LogP contribution < -0.4 is 10.1 Å². The number of amides is 1. The summed E-state index contributed by atoms with van der Waals surface area (Å²) in [5.74, 6) is -0.793. The van der Waals surface area contributed by atoms with E-state index in [2.05, 4.69) is 5.32 Å². The number of benzene rings is 2. The Morgan fingerprint density at radius 3 is 2.48 bits per heavy atom. The first-order valence-electron chi connectivity index (χ1n) is 7.11. The quantitative estimate of drug-likeness (QED) is 0.850. The molecule has 2 aromatic rings. The van der Waals surface area contributed by atoms with Gasteiger partial charge in [0.2, 0.25) is 0 Å². The van der Waals surface area contributed by atoms with E-state index < -0.39 is 11.4 Å². The summed E-state index contributed by atoms with van der Waals surface area (Å²) in [6, 6.07) is 10.9. The van der Waals surface area contributed by atoms with Crippen molar-refractivity contribution in [1.29, 1.82) is 0 Å². The Balaban J connectivity index is 2.00. The summed E-state index contributed by atoms with van der Waals surface area (Å²) in [4.78, 5) is 22.8. The molecule has 0 heterocycles. The lowest BCUT2D eigenvalue weighted by atomic mass is 9.94. The van der Waals surface area contributed by atoms with Crippen molar-refractivity contribution in [2.75, 3.05) is 13.2 Å². The van der Waals surface area contributed by atoms with Crippen molar-refractivity contribution in [3.63, 3.8) is 0 Å². The van der Waals surface area contributed by atoms with E-state index in [-0.39, 0.29) is 19.1 Å². The minimum absolute atomic E-state index is 0.0336. The van der Waals surface area contributed by atoms with Gasteiger partial charge in [-0.1, -0.05) is 35.9 Å². The molecule has 0 spiro atoms. The second kappa shape index (κ2) is 6.87. The minimum Gasteiger partial charge on any atom is -0.483 e. The van der Waals surface area contributed by atoms with E-state index in [1.54, 1.807) is 26.0 Å². The highest BCUT2D eigenvalue weighted by Gasteiger charge is 2.27. The summed E-state index contributed by atoms with van der Waals surface area (Å²) in [7, 11) is 0. The van der Waals surface area contributed by atoms with Crippen LogP contribution in [0.1, 0.15) is 13.8 Å². The Kier molecular flexibility index (Phi) is 5.11. The molecule has 0 aromatic heterocycles. The zero-order valence-electron chi connectivity index (χ0n) is 12.9. The van der Waals surface area contributed by atoms with E-state index in [0.717, 1.165) is 10.8 Å². The average molecular weight is 336 g/mol. The molecule has 2 rings (SSSR count). The third-order valence-corrected chi connectivity index (χ3v) is 3.83. The van der Waals surface area contributed by atoms with Crippen molar-refractivity contribution >= 4 is 34.2 Å². The molecule has 122 valence electrons. The zero-order chi connectivity index (χ0) is 17.0. The van der Waals surface area contributed by atoms with Crippen molar-refractivity contribution in [3.05, 3.63) is 41.4 Å². The van der Waals surface area contributed by atoms with Gasteiger partial charge >= 0.3 is 5.97 Å². The fourth-order valence-corrected chi connectivity index (χ4v) is 2.18. The molecule has 0 radical (unpaired) electrons. The molecule has 0 fully saturated rings. The van der Waals surface area contributed by atoms with Crippen LogP contribution in [0.15, 0.2) is 36.4 Å². The number of aliphatic carboxylic acids is 1. The Morgan fingerprint density at radius 2 is 1.83 bits per heavy atom. The molecule has 0 saturated heterocycles. The molecular weight excluding hydrogens is 318 g/mol. The number of carbonyl (C=O) groups is 2. The molecule has 2 aromatic carbocycles. The third-order valence-electron chi connectivity index (χ3n) is 3.50. The highest BCUT2D eigenvalue weighted by Crippen LogP contribution is 2.31. The molecule has 0 aliphatic rings. The van der Waals surface area contributed by atoms with E-state index in [4.69, 9.17) is 21.4 Å². The van der Waals surface area contributed by atoms with Crippen LogP contribution in [0, 0.1) is 5.41 Å². The molecule has 2 N–H and O–H groups in total. The first kappa shape index (κ1) is 17.1. The Morgan fingerprint density at radius 1 is 1.17 bits per heavy atom. The summed E-state index contributed by atoms with van der Waals surface area (Å²) >= 11 is 6.13. The van der Waals surface area contributed by atoms with Crippen LogP contribution in [-0.2, 0) is 9.59 Å². The number of rotatable bonds is 6. The van der Waals surface area contributed by atoms with E-state index in [9.17, 15) is 9.59 Å². The SMILES string of the molecule is CC(C)(CNC(=O)COc1ccc(Cl)c2ccccc12)C(=O)O. The largest absolute Gasteiger partial charge is 0.483 e. The second-order valence-corrected chi connectivity index (χ2v) is 6.25. The number of halogens is 1. The van der Waals surface area contributed by atoms with Crippen molar-refractivity contribution in [2.45, 2.75) is 13.8 Å². The molecule has 5 nitrogen and oxygen atoms in total. The summed E-state index contributed by atoms with van der Waals surface area (Å²) in [6.45, 7) is 2.93. The summed E-state index contributed by atoms with van der Waals surface area (Å²) in [5.41, 5.74) is -1.03. The van der Waals surface area contributed by atoms with E-state index >= 15 is 0 Å². The number of carbonyl (C=O) groups excluding carboxylic acids is 1. The normalized spacial score (nSPS) is 11.3. The van der Waals surface area contributed by atoms with Gasteiger partial charge in [-0.2, -0.15) is 0 Å². The molecule has 1 amide bonds. The van der Waals surface area contributed by atoms with Gasteiger partial charge in [0.05, 0.1) is 5.41 Å². The number of hydrogen-bond acceptors (Lipinski definition) is 3. The fraction of sp³-hybridized carbons (Fsp3) is 0.294. The van der Waals surface area contributed by atoms with E-state index in [1.165, 1.54) is 0 Å². The van der Waals surface area contributed by atoms with Crippen LogP contribution in [0.3, 0.4) is 0 Å². The molecule has 0 aliphatic heterocycles. The lowest BCUT2D eigenvalue weighted by Gasteiger charge is -2.19. The predicted octanol–water partition coefficient (Wildman–Crippen LogP) is 3.10. The summed E-state index contributed by atoms with van der Waals surface area (Å²) in [6.07, 6.45) is 0.